The minimum atomic E-state index is 0.617. The zero-order valence-electron chi connectivity index (χ0n) is 9.58. The van der Waals surface area contributed by atoms with E-state index < -0.39 is 0 Å². The van der Waals surface area contributed by atoms with Crippen molar-refractivity contribution in [2.45, 2.75) is 31.6 Å². The number of benzene rings is 1. The van der Waals surface area contributed by atoms with Gasteiger partial charge < -0.3 is 5.32 Å². The molecule has 84 valence electrons. The van der Waals surface area contributed by atoms with Crippen molar-refractivity contribution in [1.82, 2.24) is 5.32 Å². The maximum absolute atomic E-state index is 8.59. The molecule has 1 N–H and O–H groups in total. The number of nitrogens with zero attached hydrogens (tertiary/aromatic N) is 1. The molecule has 1 fully saturated rings. The van der Waals surface area contributed by atoms with Crippen LogP contribution in [0.2, 0.25) is 0 Å². The summed E-state index contributed by atoms with van der Waals surface area (Å²) in [4.78, 5) is 0. The molecule has 0 bridgehead atoms. The minimum Gasteiger partial charge on any atom is -0.316 e. The Hall–Kier alpha value is -1.33. The average molecular weight is 214 g/mol. The van der Waals surface area contributed by atoms with Crippen LogP contribution in [0, 0.1) is 11.3 Å². The van der Waals surface area contributed by atoms with Gasteiger partial charge in [0, 0.05) is 13.0 Å². The van der Waals surface area contributed by atoms with Crippen LogP contribution in [0.1, 0.15) is 36.3 Å². The monoisotopic (exact) mass is 214 g/mol. The fourth-order valence-corrected chi connectivity index (χ4v) is 2.34. The lowest BCUT2D eigenvalue weighted by atomic mass is 9.90. The molecular weight excluding hydrogens is 196 g/mol. The molecule has 2 heteroatoms. The maximum Gasteiger partial charge on any atom is 0.0625 e. The van der Waals surface area contributed by atoms with E-state index in [0.717, 1.165) is 19.5 Å². The van der Waals surface area contributed by atoms with Gasteiger partial charge in [-0.15, -0.1) is 0 Å². The van der Waals surface area contributed by atoms with Crippen molar-refractivity contribution in [3.05, 3.63) is 35.4 Å². The van der Waals surface area contributed by atoms with Gasteiger partial charge in [0.2, 0.25) is 0 Å². The second kappa shape index (κ2) is 5.67. The van der Waals surface area contributed by atoms with Crippen molar-refractivity contribution in [2.24, 2.45) is 0 Å². The third-order valence-electron chi connectivity index (χ3n) is 3.24. The molecule has 0 spiro atoms. The van der Waals surface area contributed by atoms with E-state index in [4.69, 9.17) is 5.26 Å². The predicted molar refractivity (Wildman–Crippen MR) is 65.2 cm³/mol. The second-order valence-corrected chi connectivity index (χ2v) is 4.45. The van der Waals surface area contributed by atoms with E-state index >= 15 is 0 Å². The van der Waals surface area contributed by atoms with E-state index in [2.05, 4.69) is 35.7 Å². The van der Waals surface area contributed by atoms with Crippen LogP contribution < -0.4 is 5.32 Å². The highest BCUT2D eigenvalue weighted by Crippen LogP contribution is 2.24. The number of rotatable bonds is 3. The third kappa shape index (κ3) is 2.84. The first kappa shape index (κ1) is 11.2. The van der Waals surface area contributed by atoms with Gasteiger partial charge in [0.05, 0.1) is 6.07 Å². The highest BCUT2D eigenvalue weighted by atomic mass is 14.9. The zero-order chi connectivity index (χ0) is 11.2. The number of nitrogens with one attached hydrogen (secondary N) is 1. The van der Waals surface area contributed by atoms with E-state index in [-0.39, 0.29) is 0 Å². The molecule has 1 aromatic carbocycles. The Morgan fingerprint density at radius 1 is 1.44 bits per heavy atom. The van der Waals surface area contributed by atoms with Gasteiger partial charge in [-0.1, -0.05) is 24.3 Å². The largest absolute Gasteiger partial charge is 0.316 e. The van der Waals surface area contributed by atoms with E-state index in [0.29, 0.717) is 12.3 Å². The van der Waals surface area contributed by atoms with Gasteiger partial charge in [0.1, 0.15) is 0 Å². The van der Waals surface area contributed by atoms with E-state index in [1.165, 1.54) is 24.0 Å². The summed E-state index contributed by atoms with van der Waals surface area (Å²) in [6, 6.07) is 10.9. The molecule has 16 heavy (non-hydrogen) atoms. The van der Waals surface area contributed by atoms with Crippen LogP contribution in [0.15, 0.2) is 24.3 Å². The van der Waals surface area contributed by atoms with Gasteiger partial charge >= 0.3 is 0 Å². The van der Waals surface area contributed by atoms with E-state index in [9.17, 15) is 0 Å². The molecule has 0 saturated carbocycles. The first-order valence-electron chi connectivity index (χ1n) is 6.06. The van der Waals surface area contributed by atoms with E-state index in [1.54, 1.807) is 0 Å². The minimum absolute atomic E-state index is 0.617. The Labute approximate surface area is 97.3 Å². The molecular formula is C14H18N2. The molecule has 0 aromatic heterocycles. The van der Waals surface area contributed by atoms with Gasteiger partial charge in [-0.25, -0.2) is 0 Å². The quantitative estimate of drug-likeness (QED) is 0.839. The molecule has 1 saturated heterocycles. The molecule has 2 nitrogen and oxygen atoms in total. The SMILES string of the molecule is N#CCCc1cccc(C2CCCNC2)c1. The van der Waals surface area contributed by atoms with Gasteiger partial charge in [-0.2, -0.15) is 5.26 Å². The van der Waals surface area contributed by atoms with Gasteiger partial charge in [0.25, 0.3) is 0 Å². The number of nitriles is 1. The van der Waals surface area contributed by atoms with E-state index in [1.807, 2.05) is 0 Å². The van der Waals surface area contributed by atoms with Crippen LogP contribution in [0.25, 0.3) is 0 Å². The Bertz CT molecular complexity index is 373. The van der Waals surface area contributed by atoms with Crippen LogP contribution in [0.3, 0.4) is 0 Å². The topological polar surface area (TPSA) is 35.8 Å². The Balaban J connectivity index is 2.06. The van der Waals surface area contributed by atoms with Crippen molar-refractivity contribution >= 4 is 0 Å². The van der Waals surface area contributed by atoms with Gasteiger partial charge in [-0.3, -0.25) is 0 Å². The summed E-state index contributed by atoms with van der Waals surface area (Å²) >= 11 is 0. The fourth-order valence-electron chi connectivity index (χ4n) is 2.34. The molecule has 2 rings (SSSR count). The molecule has 0 aliphatic carbocycles. The fraction of sp³-hybridized carbons (Fsp3) is 0.500. The highest BCUT2D eigenvalue weighted by Gasteiger charge is 2.14. The van der Waals surface area contributed by atoms with Crippen LogP contribution in [0.4, 0.5) is 0 Å². The lowest BCUT2D eigenvalue weighted by Gasteiger charge is -2.23. The molecule has 1 unspecified atom stereocenters. The molecule has 1 atom stereocenters. The van der Waals surface area contributed by atoms with Crippen LogP contribution in [-0.2, 0) is 6.42 Å². The average Bonchev–Trinajstić information content (AvgIpc) is 2.38. The van der Waals surface area contributed by atoms with Gasteiger partial charge in [0.15, 0.2) is 0 Å². The summed E-state index contributed by atoms with van der Waals surface area (Å²) in [5.41, 5.74) is 2.73. The van der Waals surface area contributed by atoms with Gasteiger partial charge in [-0.05, 0) is 42.9 Å². The lowest BCUT2D eigenvalue weighted by Crippen LogP contribution is -2.28. The van der Waals surface area contributed by atoms with Crippen molar-refractivity contribution in [3.63, 3.8) is 0 Å². The molecule has 1 aromatic rings. The maximum atomic E-state index is 8.59. The zero-order valence-corrected chi connectivity index (χ0v) is 9.58. The summed E-state index contributed by atoms with van der Waals surface area (Å²) in [7, 11) is 0. The van der Waals surface area contributed by atoms with Crippen LogP contribution in [-0.4, -0.2) is 13.1 Å². The predicted octanol–water partition coefficient (Wildman–Crippen LogP) is 2.61. The Morgan fingerprint density at radius 2 is 2.38 bits per heavy atom. The van der Waals surface area contributed by atoms with Crippen molar-refractivity contribution in [1.29, 1.82) is 5.26 Å². The summed E-state index contributed by atoms with van der Waals surface area (Å²) < 4.78 is 0. The molecule has 1 aliphatic heterocycles. The first-order valence-corrected chi connectivity index (χ1v) is 6.06. The number of hydrogen-bond acceptors (Lipinski definition) is 2. The molecule has 1 aliphatic rings. The third-order valence-corrected chi connectivity index (χ3v) is 3.24. The van der Waals surface area contributed by atoms with Crippen molar-refractivity contribution < 1.29 is 0 Å². The second-order valence-electron chi connectivity index (χ2n) is 4.45. The number of hydrogen-bond donors (Lipinski definition) is 1. The molecule has 0 amide bonds. The van der Waals surface area contributed by atoms with Crippen molar-refractivity contribution in [3.8, 4) is 6.07 Å². The summed E-state index contributed by atoms with van der Waals surface area (Å²) in [5.74, 6) is 0.663. The summed E-state index contributed by atoms with van der Waals surface area (Å²) in [5, 5.41) is 12.0. The highest BCUT2D eigenvalue weighted by molar-refractivity contribution is 5.27. The lowest BCUT2D eigenvalue weighted by molar-refractivity contribution is 0.461. The normalized spacial score (nSPS) is 20.3. The Kier molecular flexibility index (Phi) is 3.96. The molecule has 0 radical (unpaired) electrons. The smallest absolute Gasteiger partial charge is 0.0625 e. The summed E-state index contributed by atoms with van der Waals surface area (Å²) in [6.45, 7) is 2.26. The standard InChI is InChI=1S/C14H18N2/c15-8-2-5-12-4-1-6-13(10-12)14-7-3-9-16-11-14/h1,4,6,10,14,16H,2-3,5,7,9,11H2. The number of piperidine rings is 1. The first-order chi connectivity index (χ1) is 7.90. The molecule has 1 heterocycles. The van der Waals surface area contributed by atoms with Crippen LogP contribution >= 0.6 is 0 Å². The Morgan fingerprint density at radius 3 is 3.12 bits per heavy atom. The number of aryl methyl sites for hydroxylation is 1. The van der Waals surface area contributed by atoms with Crippen LogP contribution in [0.5, 0.6) is 0 Å². The summed E-state index contributed by atoms with van der Waals surface area (Å²) in [6.07, 6.45) is 4.05. The van der Waals surface area contributed by atoms with Crippen molar-refractivity contribution in [2.75, 3.05) is 13.1 Å².